The van der Waals surface area contributed by atoms with Gasteiger partial charge in [0.15, 0.2) is 5.84 Å². The van der Waals surface area contributed by atoms with Crippen LogP contribution in [0.1, 0.15) is 18.1 Å². The van der Waals surface area contributed by atoms with Gasteiger partial charge in [-0.2, -0.15) is 0 Å². The molecule has 1 unspecified atom stereocenters. The van der Waals surface area contributed by atoms with E-state index in [2.05, 4.69) is 22.0 Å². The SMILES string of the molecule is C=CN(/C=C(/C)N)c1ccc(/C=C/C2=NOCC3(c4ccc(F)cc4)CNCCN23)cc1OC. The maximum Gasteiger partial charge on any atom is 0.169 e. The summed E-state index contributed by atoms with van der Waals surface area (Å²) in [4.78, 5) is 9.73. The minimum Gasteiger partial charge on any atom is -0.495 e. The number of nitrogens with two attached hydrogens (primary N) is 1. The topological polar surface area (TPSA) is 75.3 Å². The Bertz CT molecular complexity index is 1120. The van der Waals surface area contributed by atoms with E-state index in [4.69, 9.17) is 15.3 Å². The largest absolute Gasteiger partial charge is 0.495 e. The van der Waals surface area contributed by atoms with Gasteiger partial charge in [0.1, 0.15) is 23.7 Å². The highest BCUT2D eigenvalue weighted by Gasteiger charge is 2.45. The lowest BCUT2D eigenvalue weighted by Gasteiger charge is -2.49. The first-order valence-electron chi connectivity index (χ1n) is 11.1. The molecule has 8 heteroatoms. The van der Waals surface area contributed by atoms with Gasteiger partial charge in [-0.3, -0.25) is 0 Å². The minimum atomic E-state index is -0.453. The van der Waals surface area contributed by atoms with Crippen LogP contribution >= 0.6 is 0 Å². The van der Waals surface area contributed by atoms with Crippen molar-refractivity contribution < 1.29 is 14.0 Å². The van der Waals surface area contributed by atoms with Gasteiger partial charge in [-0.15, -0.1) is 0 Å². The lowest BCUT2D eigenvalue weighted by atomic mass is 9.86. The van der Waals surface area contributed by atoms with E-state index in [1.54, 1.807) is 19.5 Å². The fourth-order valence-electron chi connectivity index (χ4n) is 4.36. The van der Waals surface area contributed by atoms with Crippen molar-refractivity contribution in [1.82, 2.24) is 10.2 Å². The smallest absolute Gasteiger partial charge is 0.169 e. The summed E-state index contributed by atoms with van der Waals surface area (Å²) < 4.78 is 19.2. The molecular weight excluding hydrogens is 433 g/mol. The molecule has 4 rings (SSSR count). The fraction of sp³-hybridized carbons (Fsp3) is 0.269. The molecule has 7 nitrogen and oxygen atoms in total. The van der Waals surface area contributed by atoms with Crippen LogP contribution in [0.4, 0.5) is 10.1 Å². The van der Waals surface area contributed by atoms with E-state index >= 15 is 0 Å². The maximum absolute atomic E-state index is 13.6. The molecule has 0 aromatic heterocycles. The number of halogens is 1. The van der Waals surface area contributed by atoms with Crippen LogP contribution in [0.2, 0.25) is 0 Å². The van der Waals surface area contributed by atoms with E-state index in [9.17, 15) is 4.39 Å². The first-order valence-corrected chi connectivity index (χ1v) is 11.1. The molecule has 1 fully saturated rings. The lowest BCUT2D eigenvalue weighted by Crippen LogP contribution is -2.64. The number of piperazine rings is 1. The first kappa shape index (κ1) is 23.4. The van der Waals surface area contributed by atoms with Crippen molar-refractivity contribution in [3.63, 3.8) is 0 Å². The Balaban J connectivity index is 1.62. The normalized spacial score (nSPS) is 20.4. The molecule has 0 radical (unpaired) electrons. The number of nitrogens with one attached hydrogen (secondary N) is 1. The number of fused-ring (bicyclic) bond motifs is 1. The first-order chi connectivity index (χ1) is 16.5. The van der Waals surface area contributed by atoms with Crippen LogP contribution in [-0.2, 0) is 10.4 Å². The Labute approximate surface area is 199 Å². The van der Waals surface area contributed by atoms with Crippen molar-refractivity contribution in [3.05, 3.63) is 90.2 Å². The molecule has 0 amide bonds. The van der Waals surface area contributed by atoms with Crippen LogP contribution < -0.4 is 20.7 Å². The second kappa shape index (κ2) is 10.0. The molecule has 2 heterocycles. The Morgan fingerprint density at radius 3 is 2.79 bits per heavy atom. The van der Waals surface area contributed by atoms with E-state index in [0.29, 0.717) is 24.6 Å². The molecule has 2 aliphatic heterocycles. The summed E-state index contributed by atoms with van der Waals surface area (Å²) in [5, 5.41) is 7.78. The summed E-state index contributed by atoms with van der Waals surface area (Å²) >= 11 is 0. The molecule has 2 aliphatic rings. The number of benzene rings is 2. The number of methoxy groups -OCH3 is 1. The van der Waals surface area contributed by atoms with E-state index in [1.165, 1.54) is 12.1 Å². The van der Waals surface area contributed by atoms with Gasteiger partial charge in [0.05, 0.1) is 12.8 Å². The average molecular weight is 464 g/mol. The standard InChI is InChI=1S/C26H30FN5O2/c1-4-31(16-19(2)28)23-11-5-20(15-24(23)33-3)6-12-25-30-34-18-26(17-29-13-14-32(25)26)21-7-9-22(27)10-8-21/h4-12,15-16,29H,1,13-14,17-18,28H2,2-3H3/b12-6+,19-16-. The second-order valence-electron chi connectivity index (χ2n) is 8.32. The minimum absolute atomic E-state index is 0.259. The van der Waals surface area contributed by atoms with E-state index in [0.717, 1.165) is 35.7 Å². The highest BCUT2D eigenvalue weighted by atomic mass is 19.1. The number of anilines is 1. The molecule has 0 bridgehead atoms. The van der Waals surface area contributed by atoms with Crippen LogP contribution in [0.5, 0.6) is 5.75 Å². The number of amidine groups is 1. The zero-order valence-corrected chi connectivity index (χ0v) is 19.5. The van der Waals surface area contributed by atoms with Crippen LogP contribution in [0, 0.1) is 5.82 Å². The van der Waals surface area contributed by atoms with Crippen LogP contribution in [0.15, 0.2) is 78.4 Å². The summed E-state index contributed by atoms with van der Waals surface area (Å²) in [6, 6.07) is 12.5. The number of allylic oxidation sites excluding steroid dienone is 1. The van der Waals surface area contributed by atoms with Crippen molar-refractivity contribution >= 4 is 17.6 Å². The molecule has 0 saturated carbocycles. The van der Waals surface area contributed by atoms with Crippen molar-refractivity contribution in [2.75, 3.05) is 38.3 Å². The third-order valence-electron chi connectivity index (χ3n) is 6.01. The average Bonchev–Trinajstić information content (AvgIpc) is 2.86. The van der Waals surface area contributed by atoms with Crippen LogP contribution in [0.3, 0.4) is 0 Å². The van der Waals surface area contributed by atoms with Crippen molar-refractivity contribution in [3.8, 4) is 5.75 Å². The van der Waals surface area contributed by atoms with E-state index < -0.39 is 5.54 Å². The lowest BCUT2D eigenvalue weighted by molar-refractivity contribution is -0.0154. The molecule has 3 N–H and O–H groups in total. The molecule has 2 aromatic carbocycles. The number of nitrogens with zero attached hydrogens (tertiary/aromatic N) is 3. The van der Waals surface area contributed by atoms with Gasteiger partial charge < -0.3 is 30.4 Å². The van der Waals surface area contributed by atoms with Gasteiger partial charge in [-0.25, -0.2) is 4.39 Å². The van der Waals surface area contributed by atoms with Crippen molar-refractivity contribution in [1.29, 1.82) is 0 Å². The van der Waals surface area contributed by atoms with Gasteiger partial charge >= 0.3 is 0 Å². The molecule has 0 aliphatic carbocycles. The predicted octanol–water partition coefficient (Wildman–Crippen LogP) is 3.76. The molecule has 0 spiro atoms. The Kier molecular flexibility index (Phi) is 6.88. The summed E-state index contributed by atoms with van der Waals surface area (Å²) in [5.41, 5.74) is 8.79. The van der Waals surface area contributed by atoms with Gasteiger partial charge in [0.25, 0.3) is 0 Å². The summed E-state index contributed by atoms with van der Waals surface area (Å²) in [5.74, 6) is 1.14. The Hall–Kier alpha value is -3.78. The quantitative estimate of drug-likeness (QED) is 0.651. The highest BCUT2D eigenvalue weighted by Crippen LogP contribution is 2.35. The van der Waals surface area contributed by atoms with Gasteiger partial charge in [-0.1, -0.05) is 36.0 Å². The van der Waals surface area contributed by atoms with Crippen molar-refractivity contribution in [2.45, 2.75) is 12.5 Å². The van der Waals surface area contributed by atoms with E-state index in [-0.39, 0.29) is 5.82 Å². The third kappa shape index (κ3) is 4.63. The molecule has 34 heavy (non-hydrogen) atoms. The summed E-state index contributed by atoms with van der Waals surface area (Å²) in [6.07, 6.45) is 7.37. The number of hydrogen-bond donors (Lipinski definition) is 2. The maximum atomic E-state index is 13.6. The molecule has 1 saturated heterocycles. The van der Waals surface area contributed by atoms with Gasteiger partial charge in [0.2, 0.25) is 0 Å². The summed E-state index contributed by atoms with van der Waals surface area (Å²) in [6.45, 7) is 8.31. The Morgan fingerprint density at radius 1 is 1.29 bits per heavy atom. The number of rotatable bonds is 7. The van der Waals surface area contributed by atoms with Gasteiger partial charge in [0, 0.05) is 37.7 Å². The highest BCUT2D eigenvalue weighted by molar-refractivity contribution is 5.97. The predicted molar refractivity (Wildman–Crippen MR) is 134 cm³/mol. The Morgan fingerprint density at radius 2 is 2.09 bits per heavy atom. The second-order valence-corrected chi connectivity index (χ2v) is 8.32. The molecule has 1 atom stereocenters. The van der Waals surface area contributed by atoms with Crippen LogP contribution in [0.25, 0.3) is 6.08 Å². The number of ether oxygens (including phenoxy) is 1. The zero-order valence-electron chi connectivity index (χ0n) is 19.5. The van der Waals surface area contributed by atoms with Crippen molar-refractivity contribution in [2.24, 2.45) is 10.9 Å². The third-order valence-corrected chi connectivity index (χ3v) is 6.01. The molecule has 178 valence electrons. The monoisotopic (exact) mass is 463 g/mol. The zero-order chi connectivity index (χ0) is 24.1. The van der Waals surface area contributed by atoms with Crippen LogP contribution in [-0.4, -0.2) is 44.1 Å². The van der Waals surface area contributed by atoms with Gasteiger partial charge in [-0.05, 0) is 48.4 Å². The fourth-order valence-corrected chi connectivity index (χ4v) is 4.36. The summed E-state index contributed by atoms with van der Waals surface area (Å²) in [7, 11) is 1.63. The van der Waals surface area contributed by atoms with E-state index in [1.807, 2.05) is 54.3 Å². The molecule has 2 aromatic rings. The number of oxime groups is 1. The number of hydrogen-bond acceptors (Lipinski definition) is 7. The molecular formula is C26H30FN5O2.